The van der Waals surface area contributed by atoms with Gasteiger partial charge in [-0.15, -0.1) is 0 Å². The maximum absolute atomic E-state index is 8.95. The Bertz CT molecular complexity index is 459. The fourth-order valence-electron chi connectivity index (χ4n) is 2.55. The van der Waals surface area contributed by atoms with Crippen LogP contribution in [0.1, 0.15) is 36.9 Å². The molecule has 0 spiro atoms. The highest BCUT2D eigenvalue weighted by Crippen LogP contribution is 2.40. The van der Waals surface area contributed by atoms with Crippen molar-refractivity contribution < 1.29 is 0 Å². The Morgan fingerprint density at radius 1 is 1.44 bits per heavy atom. The van der Waals surface area contributed by atoms with Gasteiger partial charge >= 0.3 is 0 Å². The fraction of sp³-hybridized carbons (Fsp3) is 0.571. The summed E-state index contributed by atoms with van der Waals surface area (Å²) in [4.78, 5) is 4.44. The maximum atomic E-state index is 8.95. The molecule has 0 radical (unpaired) electrons. The lowest BCUT2D eigenvalue weighted by Gasteiger charge is -2.27. The molecule has 1 fully saturated rings. The van der Waals surface area contributed by atoms with Crippen LogP contribution in [0.25, 0.3) is 0 Å². The molecule has 0 bridgehead atoms. The van der Waals surface area contributed by atoms with Gasteiger partial charge in [0.05, 0.1) is 11.6 Å². The van der Waals surface area contributed by atoms with E-state index >= 15 is 0 Å². The third kappa shape index (κ3) is 2.97. The van der Waals surface area contributed by atoms with E-state index in [4.69, 9.17) is 5.26 Å². The molecule has 0 atom stereocenters. The summed E-state index contributed by atoms with van der Waals surface area (Å²) in [6.07, 6.45) is 7.40. The lowest BCUT2D eigenvalue weighted by atomic mass is 10.1. The van der Waals surface area contributed by atoms with Gasteiger partial charge in [-0.1, -0.05) is 12.8 Å². The average molecular weight is 261 g/mol. The van der Waals surface area contributed by atoms with Crippen molar-refractivity contribution in [3.05, 3.63) is 23.4 Å². The van der Waals surface area contributed by atoms with E-state index in [0.29, 0.717) is 10.3 Å². The number of nitrogens with zero attached hydrogens (tertiary/aromatic N) is 2. The predicted molar refractivity (Wildman–Crippen MR) is 76.9 cm³/mol. The van der Waals surface area contributed by atoms with Crippen LogP contribution < -0.4 is 5.32 Å². The SMILES string of the molecule is CSC1(CNc2cc(C#N)cc(C)n2)CCCC1. The summed E-state index contributed by atoms with van der Waals surface area (Å²) in [5.41, 5.74) is 1.57. The van der Waals surface area contributed by atoms with Crippen molar-refractivity contribution >= 4 is 17.6 Å². The number of pyridine rings is 1. The van der Waals surface area contributed by atoms with Gasteiger partial charge in [0.25, 0.3) is 0 Å². The summed E-state index contributed by atoms with van der Waals surface area (Å²) in [6.45, 7) is 2.86. The predicted octanol–water partition coefficient (Wildman–Crippen LogP) is 3.35. The summed E-state index contributed by atoms with van der Waals surface area (Å²) in [5, 5.41) is 12.4. The van der Waals surface area contributed by atoms with Gasteiger partial charge in [-0.3, -0.25) is 0 Å². The molecule has 1 saturated carbocycles. The van der Waals surface area contributed by atoms with Gasteiger partial charge in [0, 0.05) is 17.0 Å². The molecule has 3 nitrogen and oxygen atoms in total. The van der Waals surface area contributed by atoms with E-state index in [9.17, 15) is 0 Å². The highest BCUT2D eigenvalue weighted by Gasteiger charge is 2.32. The smallest absolute Gasteiger partial charge is 0.127 e. The largest absolute Gasteiger partial charge is 0.369 e. The van der Waals surface area contributed by atoms with Crippen molar-refractivity contribution in [2.24, 2.45) is 0 Å². The van der Waals surface area contributed by atoms with E-state index in [1.807, 2.05) is 30.8 Å². The van der Waals surface area contributed by atoms with Crippen LogP contribution in [0.5, 0.6) is 0 Å². The average Bonchev–Trinajstić information content (AvgIpc) is 2.85. The molecule has 1 aromatic heterocycles. The van der Waals surface area contributed by atoms with Gasteiger partial charge < -0.3 is 5.32 Å². The molecule has 1 N–H and O–H groups in total. The van der Waals surface area contributed by atoms with Gasteiger partial charge in [0.15, 0.2) is 0 Å². The Morgan fingerprint density at radius 3 is 2.78 bits per heavy atom. The number of aromatic nitrogens is 1. The van der Waals surface area contributed by atoms with E-state index in [1.54, 1.807) is 0 Å². The maximum Gasteiger partial charge on any atom is 0.127 e. The molecule has 1 aromatic rings. The molecule has 1 aliphatic carbocycles. The van der Waals surface area contributed by atoms with Crippen LogP contribution in [0.15, 0.2) is 12.1 Å². The zero-order chi connectivity index (χ0) is 13.0. The molecule has 1 aliphatic rings. The van der Waals surface area contributed by atoms with Crippen molar-refractivity contribution in [3.63, 3.8) is 0 Å². The van der Waals surface area contributed by atoms with Gasteiger partial charge in [-0.25, -0.2) is 4.98 Å². The third-order valence-corrected chi connectivity index (χ3v) is 5.04. The van der Waals surface area contributed by atoms with E-state index in [-0.39, 0.29) is 0 Å². The minimum absolute atomic E-state index is 0.359. The number of thioether (sulfide) groups is 1. The van der Waals surface area contributed by atoms with Crippen molar-refractivity contribution in [3.8, 4) is 6.07 Å². The minimum Gasteiger partial charge on any atom is -0.369 e. The summed E-state index contributed by atoms with van der Waals surface area (Å²) in [6, 6.07) is 5.81. The van der Waals surface area contributed by atoms with Gasteiger partial charge in [-0.05, 0) is 38.2 Å². The van der Waals surface area contributed by atoms with Gasteiger partial charge in [-0.2, -0.15) is 17.0 Å². The zero-order valence-electron chi connectivity index (χ0n) is 11.0. The molecule has 0 amide bonds. The molecule has 0 unspecified atom stereocenters. The van der Waals surface area contributed by atoms with Gasteiger partial charge in [0.1, 0.15) is 5.82 Å². The number of hydrogen-bond donors (Lipinski definition) is 1. The number of nitrogens with one attached hydrogen (secondary N) is 1. The molecular formula is C14H19N3S. The first-order chi connectivity index (χ1) is 8.67. The highest BCUT2D eigenvalue weighted by atomic mass is 32.2. The Kier molecular flexibility index (Phi) is 4.13. The Morgan fingerprint density at radius 2 is 2.17 bits per heavy atom. The molecule has 2 rings (SSSR count). The lowest BCUT2D eigenvalue weighted by Crippen LogP contribution is -2.30. The monoisotopic (exact) mass is 261 g/mol. The van der Waals surface area contributed by atoms with E-state index in [2.05, 4.69) is 22.6 Å². The number of aryl methyl sites for hydroxylation is 1. The van der Waals surface area contributed by atoms with Crippen LogP contribution in [0.4, 0.5) is 5.82 Å². The van der Waals surface area contributed by atoms with Crippen molar-refractivity contribution in [2.45, 2.75) is 37.4 Å². The minimum atomic E-state index is 0.359. The van der Waals surface area contributed by atoms with Gasteiger partial charge in [0.2, 0.25) is 0 Å². The zero-order valence-corrected chi connectivity index (χ0v) is 11.8. The van der Waals surface area contributed by atoms with Crippen LogP contribution >= 0.6 is 11.8 Å². The van der Waals surface area contributed by atoms with Crippen LogP contribution in [-0.2, 0) is 0 Å². The normalized spacial score (nSPS) is 17.4. The molecule has 1 heterocycles. The number of rotatable bonds is 4. The second-order valence-corrected chi connectivity index (χ2v) is 6.22. The number of hydrogen-bond acceptors (Lipinski definition) is 4. The topological polar surface area (TPSA) is 48.7 Å². The Balaban J connectivity index is 2.06. The van der Waals surface area contributed by atoms with Crippen molar-refractivity contribution in [1.29, 1.82) is 5.26 Å². The van der Waals surface area contributed by atoms with Crippen molar-refractivity contribution in [2.75, 3.05) is 18.1 Å². The van der Waals surface area contributed by atoms with E-state index in [0.717, 1.165) is 18.1 Å². The Hall–Kier alpha value is -1.21. The summed E-state index contributed by atoms with van der Waals surface area (Å²) in [7, 11) is 0. The van der Waals surface area contributed by atoms with Crippen molar-refractivity contribution in [1.82, 2.24) is 4.98 Å². The van der Waals surface area contributed by atoms with E-state index in [1.165, 1.54) is 25.7 Å². The first-order valence-electron chi connectivity index (χ1n) is 6.35. The summed E-state index contributed by atoms with van der Waals surface area (Å²) >= 11 is 1.96. The number of nitriles is 1. The first kappa shape index (κ1) is 13.2. The molecule has 18 heavy (non-hydrogen) atoms. The highest BCUT2D eigenvalue weighted by molar-refractivity contribution is 8.00. The standard InChI is InChI=1S/C14H19N3S/c1-11-7-12(9-15)8-13(17-11)16-10-14(18-2)5-3-4-6-14/h7-8H,3-6,10H2,1-2H3,(H,16,17). The second-order valence-electron chi connectivity index (χ2n) is 4.94. The molecule has 0 aromatic carbocycles. The lowest BCUT2D eigenvalue weighted by molar-refractivity contribution is 0.638. The van der Waals surface area contributed by atoms with E-state index < -0.39 is 0 Å². The van der Waals surface area contributed by atoms with Crippen LogP contribution in [0.2, 0.25) is 0 Å². The number of anilines is 1. The Labute approximate surface area is 113 Å². The third-order valence-electron chi connectivity index (χ3n) is 3.62. The quantitative estimate of drug-likeness (QED) is 0.903. The summed E-state index contributed by atoms with van der Waals surface area (Å²) in [5.74, 6) is 0.826. The summed E-state index contributed by atoms with van der Waals surface area (Å²) < 4.78 is 0.359. The second kappa shape index (κ2) is 5.62. The van der Waals surface area contributed by atoms with Crippen LogP contribution in [0, 0.1) is 18.3 Å². The van der Waals surface area contributed by atoms with Crippen LogP contribution in [-0.4, -0.2) is 22.5 Å². The first-order valence-corrected chi connectivity index (χ1v) is 7.58. The molecule has 96 valence electrons. The molecule has 0 saturated heterocycles. The molecule has 4 heteroatoms. The molecular weight excluding hydrogens is 242 g/mol. The molecule has 0 aliphatic heterocycles. The fourth-order valence-corrected chi connectivity index (χ4v) is 3.46. The van der Waals surface area contributed by atoms with Crippen LogP contribution in [0.3, 0.4) is 0 Å².